The van der Waals surface area contributed by atoms with Gasteiger partial charge in [-0.1, -0.05) is 36.4 Å². The number of rotatable bonds is 6. The summed E-state index contributed by atoms with van der Waals surface area (Å²) < 4.78 is 19.2. The fraction of sp³-hybridized carbons (Fsp3) is 0.421. The maximum Gasteiger partial charge on any atom is 0.223 e. The fourth-order valence-corrected chi connectivity index (χ4v) is 3.21. The van der Waals surface area contributed by atoms with Crippen molar-refractivity contribution in [3.05, 3.63) is 42.5 Å². The van der Waals surface area contributed by atoms with Gasteiger partial charge in [-0.15, -0.1) is 0 Å². The molecule has 2 aromatic rings. The molecule has 0 spiro atoms. The largest absolute Gasteiger partial charge is 0.493 e. The second-order valence-corrected chi connectivity index (χ2v) is 6.14. The molecule has 0 aromatic heterocycles. The SMILES string of the molecule is O=C(CCCOc1cccc2ccccc12)N1CC(F)CC1CO. The predicted molar refractivity (Wildman–Crippen MR) is 90.8 cm³/mol. The average molecular weight is 331 g/mol. The van der Waals surface area contributed by atoms with E-state index in [-0.39, 0.29) is 31.5 Å². The third-order valence-electron chi connectivity index (χ3n) is 4.44. The summed E-state index contributed by atoms with van der Waals surface area (Å²) >= 11 is 0. The average Bonchev–Trinajstić information content (AvgIpc) is 2.99. The number of likely N-dealkylation sites (tertiary alicyclic amines) is 1. The fourth-order valence-electron chi connectivity index (χ4n) is 3.21. The molecule has 0 bridgehead atoms. The normalized spacial score (nSPS) is 20.5. The van der Waals surface area contributed by atoms with Crippen molar-refractivity contribution in [2.24, 2.45) is 0 Å². The lowest BCUT2D eigenvalue weighted by molar-refractivity contribution is -0.133. The van der Waals surface area contributed by atoms with Crippen LogP contribution in [0.25, 0.3) is 10.8 Å². The van der Waals surface area contributed by atoms with Crippen molar-refractivity contribution >= 4 is 16.7 Å². The zero-order valence-electron chi connectivity index (χ0n) is 13.5. The van der Waals surface area contributed by atoms with E-state index in [1.54, 1.807) is 0 Å². The first-order valence-corrected chi connectivity index (χ1v) is 8.34. The minimum absolute atomic E-state index is 0.0915. The van der Waals surface area contributed by atoms with Crippen LogP contribution in [-0.4, -0.2) is 47.9 Å². The molecule has 24 heavy (non-hydrogen) atoms. The molecule has 128 valence electrons. The number of hydrogen-bond acceptors (Lipinski definition) is 3. The summed E-state index contributed by atoms with van der Waals surface area (Å²) in [5.74, 6) is 0.689. The Morgan fingerprint density at radius 2 is 2.04 bits per heavy atom. The van der Waals surface area contributed by atoms with Crippen LogP contribution in [0.15, 0.2) is 42.5 Å². The van der Waals surface area contributed by atoms with Gasteiger partial charge in [0.25, 0.3) is 0 Å². The molecule has 1 saturated heterocycles. The van der Waals surface area contributed by atoms with Gasteiger partial charge in [-0.2, -0.15) is 0 Å². The zero-order chi connectivity index (χ0) is 16.9. The first-order valence-electron chi connectivity index (χ1n) is 8.34. The van der Waals surface area contributed by atoms with E-state index in [9.17, 15) is 14.3 Å². The second kappa shape index (κ2) is 7.62. The number of fused-ring (bicyclic) bond motifs is 1. The van der Waals surface area contributed by atoms with E-state index < -0.39 is 6.17 Å². The molecule has 1 N–H and O–H groups in total. The van der Waals surface area contributed by atoms with Crippen molar-refractivity contribution in [3.63, 3.8) is 0 Å². The van der Waals surface area contributed by atoms with E-state index in [0.29, 0.717) is 19.4 Å². The molecule has 1 aliphatic heterocycles. The number of halogens is 1. The van der Waals surface area contributed by atoms with E-state index >= 15 is 0 Å². The Labute approximate surface area is 140 Å². The van der Waals surface area contributed by atoms with Gasteiger partial charge in [0, 0.05) is 18.2 Å². The first-order chi connectivity index (χ1) is 11.7. The van der Waals surface area contributed by atoms with Gasteiger partial charge in [0.1, 0.15) is 11.9 Å². The van der Waals surface area contributed by atoms with E-state index in [1.165, 1.54) is 4.90 Å². The number of benzene rings is 2. The number of amides is 1. The van der Waals surface area contributed by atoms with Crippen molar-refractivity contribution in [1.29, 1.82) is 0 Å². The number of aliphatic hydroxyl groups is 1. The Balaban J connectivity index is 1.51. The van der Waals surface area contributed by atoms with Crippen molar-refractivity contribution in [2.75, 3.05) is 19.8 Å². The molecular formula is C19H22FNO3. The minimum atomic E-state index is -1.03. The van der Waals surface area contributed by atoms with Gasteiger partial charge >= 0.3 is 0 Å². The Hall–Kier alpha value is -2.14. The number of ether oxygens (including phenoxy) is 1. The van der Waals surface area contributed by atoms with Crippen LogP contribution >= 0.6 is 0 Å². The lowest BCUT2D eigenvalue weighted by Gasteiger charge is -2.22. The van der Waals surface area contributed by atoms with Crippen LogP contribution in [0.5, 0.6) is 5.75 Å². The number of carbonyl (C=O) groups is 1. The van der Waals surface area contributed by atoms with Gasteiger partial charge in [0.2, 0.25) is 5.91 Å². The van der Waals surface area contributed by atoms with Crippen molar-refractivity contribution in [3.8, 4) is 5.75 Å². The Bertz CT molecular complexity index is 701. The molecule has 0 saturated carbocycles. The standard InChI is InChI=1S/C19H22FNO3/c20-15-11-16(13-22)21(12-15)19(23)9-4-10-24-18-8-3-6-14-5-1-2-7-17(14)18/h1-3,5-8,15-16,22H,4,9-13H2. The highest BCUT2D eigenvalue weighted by molar-refractivity contribution is 5.88. The molecule has 1 aliphatic rings. The lowest BCUT2D eigenvalue weighted by Crippen LogP contribution is -2.37. The van der Waals surface area contributed by atoms with Gasteiger partial charge in [0.05, 0.1) is 25.8 Å². The van der Waals surface area contributed by atoms with Crippen molar-refractivity contribution in [1.82, 2.24) is 4.90 Å². The van der Waals surface area contributed by atoms with Gasteiger partial charge in [0.15, 0.2) is 0 Å². The van der Waals surface area contributed by atoms with Crippen molar-refractivity contribution in [2.45, 2.75) is 31.5 Å². The van der Waals surface area contributed by atoms with Crippen LogP contribution in [0.4, 0.5) is 4.39 Å². The highest BCUT2D eigenvalue weighted by Gasteiger charge is 2.34. The predicted octanol–water partition coefficient (Wildman–Crippen LogP) is 2.93. The minimum Gasteiger partial charge on any atom is -0.493 e. The first kappa shape index (κ1) is 16.7. The van der Waals surface area contributed by atoms with Crippen LogP contribution in [0, 0.1) is 0 Å². The maximum atomic E-state index is 13.4. The highest BCUT2D eigenvalue weighted by atomic mass is 19.1. The number of hydrogen-bond donors (Lipinski definition) is 1. The van der Waals surface area contributed by atoms with E-state index in [1.807, 2.05) is 42.5 Å². The number of carbonyl (C=O) groups excluding carboxylic acids is 1. The Kier molecular flexibility index (Phi) is 5.30. The molecule has 1 fully saturated rings. The maximum absolute atomic E-state index is 13.4. The van der Waals surface area contributed by atoms with Gasteiger partial charge in [-0.05, 0) is 17.9 Å². The smallest absolute Gasteiger partial charge is 0.223 e. The molecule has 1 heterocycles. The highest BCUT2D eigenvalue weighted by Crippen LogP contribution is 2.25. The van der Waals surface area contributed by atoms with E-state index in [0.717, 1.165) is 16.5 Å². The summed E-state index contributed by atoms with van der Waals surface area (Å²) in [7, 11) is 0. The summed E-state index contributed by atoms with van der Waals surface area (Å²) in [5, 5.41) is 11.4. The van der Waals surface area contributed by atoms with Gasteiger partial charge in [-0.3, -0.25) is 4.79 Å². The molecule has 2 unspecified atom stereocenters. The quantitative estimate of drug-likeness (QED) is 0.828. The topological polar surface area (TPSA) is 49.8 Å². The van der Waals surface area contributed by atoms with Crippen LogP contribution in [0.2, 0.25) is 0 Å². The zero-order valence-corrected chi connectivity index (χ0v) is 13.5. The van der Waals surface area contributed by atoms with E-state index in [2.05, 4.69) is 0 Å². The van der Waals surface area contributed by atoms with Crippen LogP contribution in [0.3, 0.4) is 0 Å². The Morgan fingerprint density at radius 1 is 1.25 bits per heavy atom. The monoisotopic (exact) mass is 331 g/mol. The molecule has 1 amide bonds. The molecule has 0 aliphatic carbocycles. The molecule has 2 aromatic carbocycles. The second-order valence-electron chi connectivity index (χ2n) is 6.14. The van der Waals surface area contributed by atoms with Gasteiger partial charge < -0.3 is 14.7 Å². The molecule has 4 nitrogen and oxygen atoms in total. The van der Waals surface area contributed by atoms with Crippen LogP contribution in [0.1, 0.15) is 19.3 Å². The molecular weight excluding hydrogens is 309 g/mol. The molecule has 3 rings (SSSR count). The summed E-state index contributed by atoms with van der Waals surface area (Å²) in [6.07, 6.45) is 0.0640. The van der Waals surface area contributed by atoms with Crippen LogP contribution < -0.4 is 4.74 Å². The molecule has 0 radical (unpaired) electrons. The van der Waals surface area contributed by atoms with E-state index in [4.69, 9.17) is 4.74 Å². The number of alkyl halides is 1. The van der Waals surface area contributed by atoms with Gasteiger partial charge in [-0.25, -0.2) is 4.39 Å². The number of nitrogens with zero attached hydrogens (tertiary/aromatic N) is 1. The van der Waals surface area contributed by atoms with Crippen molar-refractivity contribution < 1.29 is 19.0 Å². The lowest BCUT2D eigenvalue weighted by atomic mass is 10.1. The summed E-state index contributed by atoms with van der Waals surface area (Å²) in [6.45, 7) is 0.337. The summed E-state index contributed by atoms with van der Waals surface area (Å²) in [6, 6.07) is 13.5. The molecule has 2 atom stereocenters. The Morgan fingerprint density at radius 3 is 2.88 bits per heavy atom. The summed E-state index contributed by atoms with van der Waals surface area (Å²) in [4.78, 5) is 13.6. The third-order valence-corrected chi connectivity index (χ3v) is 4.44. The number of aliphatic hydroxyl groups excluding tert-OH is 1. The third kappa shape index (κ3) is 3.67. The molecule has 5 heteroatoms. The summed E-state index contributed by atoms with van der Waals surface area (Å²) in [5.41, 5.74) is 0. The van der Waals surface area contributed by atoms with Crippen LogP contribution in [-0.2, 0) is 4.79 Å².